The first-order valence-electron chi connectivity index (χ1n) is 13.3. The van der Waals surface area contributed by atoms with E-state index < -0.39 is 16.8 Å². The lowest BCUT2D eigenvalue weighted by molar-refractivity contribution is -0.105. The van der Waals surface area contributed by atoms with E-state index in [4.69, 9.17) is 0 Å². The van der Waals surface area contributed by atoms with Crippen LogP contribution >= 0.6 is 31.9 Å². The van der Waals surface area contributed by atoms with Crippen molar-refractivity contribution in [3.8, 4) is 11.1 Å². The van der Waals surface area contributed by atoms with Gasteiger partial charge >= 0.3 is 0 Å². The van der Waals surface area contributed by atoms with Gasteiger partial charge in [0.1, 0.15) is 0 Å². The topological polar surface area (TPSA) is 3.24 Å². The van der Waals surface area contributed by atoms with Crippen LogP contribution in [-0.4, -0.2) is 5.92 Å². The maximum Gasteiger partial charge on any atom is 0.266 e. The van der Waals surface area contributed by atoms with Gasteiger partial charge in [0, 0.05) is 26.0 Å². The Morgan fingerprint density at radius 1 is 0.575 bits per heavy atom. The Kier molecular flexibility index (Phi) is 6.47. The molecule has 5 aromatic rings. The zero-order valence-corrected chi connectivity index (χ0v) is 25.9. The quantitative estimate of drug-likeness (QED) is 0.185. The third kappa shape index (κ3) is 4.12. The molecule has 1 nitrogen and oxygen atoms in total. The molecule has 0 aromatic heterocycles. The average Bonchev–Trinajstić information content (AvgIpc) is 3.04. The Hall–Kier alpha value is -3.02. The van der Waals surface area contributed by atoms with Crippen LogP contribution in [0.15, 0.2) is 112 Å². The minimum atomic E-state index is -2.87. The van der Waals surface area contributed by atoms with E-state index in [1.54, 1.807) is 27.7 Å². The Morgan fingerprint density at radius 2 is 1.12 bits per heavy atom. The standard InChI is InChI=1S/C35H29Br2F2N/c1-33(2)31-18-9-23(20-32(31)34(3,4)35(33,38)39)30-21-28(19-22-7-5-6-8-29(22)30)40(26-14-10-24(36)11-15-26)27-16-12-25(37)13-17-27/h5-21H,1-4H3. The largest absolute Gasteiger partial charge is 0.310 e. The first-order valence-corrected chi connectivity index (χ1v) is 14.9. The van der Waals surface area contributed by atoms with Crippen molar-refractivity contribution in [1.82, 2.24) is 0 Å². The highest BCUT2D eigenvalue weighted by atomic mass is 79.9. The van der Waals surface area contributed by atoms with Crippen LogP contribution in [0.25, 0.3) is 21.9 Å². The minimum absolute atomic E-state index is 0.715. The summed E-state index contributed by atoms with van der Waals surface area (Å²) in [4.78, 5) is 2.23. The summed E-state index contributed by atoms with van der Waals surface area (Å²) in [7, 11) is 0. The maximum absolute atomic E-state index is 15.7. The molecule has 0 fully saturated rings. The molecule has 0 atom stereocenters. The van der Waals surface area contributed by atoms with Crippen LogP contribution in [0.4, 0.5) is 25.8 Å². The molecule has 1 aliphatic carbocycles. The van der Waals surface area contributed by atoms with Gasteiger partial charge in [0.25, 0.3) is 5.92 Å². The van der Waals surface area contributed by atoms with Crippen molar-refractivity contribution < 1.29 is 8.78 Å². The van der Waals surface area contributed by atoms with Crippen LogP contribution in [0.1, 0.15) is 38.8 Å². The van der Waals surface area contributed by atoms with Gasteiger partial charge in [-0.2, -0.15) is 0 Å². The zero-order chi connectivity index (χ0) is 28.4. The average molecular weight is 661 g/mol. The van der Waals surface area contributed by atoms with Crippen molar-refractivity contribution in [1.29, 1.82) is 0 Å². The molecular weight excluding hydrogens is 632 g/mol. The highest BCUT2D eigenvalue weighted by molar-refractivity contribution is 9.10. The van der Waals surface area contributed by atoms with E-state index in [2.05, 4.69) is 85.3 Å². The fourth-order valence-corrected chi connectivity index (χ4v) is 6.71. The summed E-state index contributed by atoms with van der Waals surface area (Å²) in [6.45, 7) is 6.65. The van der Waals surface area contributed by atoms with Crippen LogP contribution in [0.3, 0.4) is 0 Å². The number of alkyl halides is 2. The van der Waals surface area contributed by atoms with Crippen molar-refractivity contribution in [2.24, 2.45) is 0 Å². The van der Waals surface area contributed by atoms with Gasteiger partial charge in [0.2, 0.25) is 0 Å². The molecule has 0 saturated heterocycles. The predicted octanol–water partition coefficient (Wildman–Crippen LogP) is 11.7. The Labute approximate surface area is 251 Å². The van der Waals surface area contributed by atoms with Gasteiger partial charge < -0.3 is 4.90 Å². The number of halogens is 4. The van der Waals surface area contributed by atoms with E-state index in [0.29, 0.717) is 5.56 Å². The molecule has 0 spiro atoms. The lowest BCUT2D eigenvalue weighted by Gasteiger charge is -2.35. The van der Waals surface area contributed by atoms with Crippen molar-refractivity contribution in [2.75, 3.05) is 4.90 Å². The second-order valence-corrected chi connectivity index (χ2v) is 13.4. The number of hydrogen-bond donors (Lipinski definition) is 0. The first kappa shape index (κ1) is 27.2. The molecule has 0 amide bonds. The molecule has 202 valence electrons. The van der Waals surface area contributed by atoms with Gasteiger partial charge in [-0.1, -0.05) is 74.3 Å². The second-order valence-electron chi connectivity index (χ2n) is 11.6. The van der Waals surface area contributed by atoms with Gasteiger partial charge in [-0.3, -0.25) is 0 Å². The van der Waals surface area contributed by atoms with Gasteiger partial charge in [-0.25, -0.2) is 8.78 Å². The summed E-state index contributed by atoms with van der Waals surface area (Å²) in [5.41, 5.74) is 3.88. The summed E-state index contributed by atoms with van der Waals surface area (Å²) in [5.74, 6) is -2.87. The molecule has 1 aliphatic rings. The SMILES string of the molecule is CC1(C)c2ccc(-c3cc(N(c4ccc(Br)cc4)c4ccc(Br)cc4)cc4ccccc34)cc2C(C)(C)C1(F)F. The molecule has 40 heavy (non-hydrogen) atoms. The Balaban J connectivity index is 1.59. The monoisotopic (exact) mass is 659 g/mol. The number of rotatable bonds is 4. The van der Waals surface area contributed by atoms with E-state index >= 15 is 8.78 Å². The van der Waals surface area contributed by atoms with Gasteiger partial charge in [-0.05, 0) is 121 Å². The van der Waals surface area contributed by atoms with Crippen molar-refractivity contribution >= 4 is 59.7 Å². The molecule has 6 rings (SSSR count). The fraction of sp³-hybridized carbons (Fsp3) is 0.200. The Bertz CT molecular complexity index is 1690. The van der Waals surface area contributed by atoms with Crippen molar-refractivity contribution in [2.45, 2.75) is 44.4 Å². The molecule has 0 N–H and O–H groups in total. The Morgan fingerprint density at radius 3 is 1.73 bits per heavy atom. The molecule has 5 aromatic carbocycles. The highest BCUT2D eigenvalue weighted by Crippen LogP contribution is 2.60. The van der Waals surface area contributed by atoms with Gasteiger partial charge in [-0.15, -0.1) is 0 Å². The fourth-order valence-electron chi connectivity index (χ4n) is 6.18. The molecule has 0 aliphatic heterocycles. The van der Waals surface area contributed by atoms with E-state index in [1.807, 2.05) is 54.6 Å². The zero-order valence-electron chi connectivity index (χ0n) is 22.8. The highest BCUT2D eigenvalue weighted by Gasteiger charge is 2.65. The first-order chi connectivity index (χ1) is 18.9. The number of nitrogens with zero attached hydrogens (tertiary/aromatic N) is 1. The summed E-state index contributed by atoms with van der Waals surface area (Å²) >= 11 is 7.13. The molecule has 0 saturated carbocycles. The number of fused-ring (bicyclic) bond motifs is 2. The van der Waals surface area contributed by atoms with E-state index in [0.717, 1.165) is 53.5 Å². The number of benzene rings is 5. The summed E-state index contributed by atoms with van der Waals surface area (Å²) < 4.78 is 33.3. The lowest BCUT2D eigenvalue weighted by Crippen LogP contribution is -2.46. The third-order valence-electron chi connectivity index (χ3n) is 8.52. The van der Waals surface area contributed by atoms with Crippen LogP contribution in [-0.2, 0) is 10.8 Å². The lowest BCUT2D eigenvalue weighted by atomic mass is 9.77. The predicted molar refractivity (Wildman–Crippen MR) is 170 cm³/mol. The molecular formula is C35H29Br2F2N. The van der Waals surface area contributed by atoms with Crippen LogP contribution in [0.5, 0.6) is 0 Å². The minimum Gasteiger partial charge on any atom is -0.310 e. The number of anilines is 3. The third-order valence-corrected chi connectivity index (χ3v) is 9.58. The second kappa shape index (κ2) is 9.53. The normalized spacial score (nSPS) is 16.6. The smallest absolute Gasteiger partial charge is 0.266 e. The van der Waals surface area contributed by atoms with E-state index in [1.165, 1.54) is 0 Å². The summed E-state index contributed by atoms with van der Waals surface area (Å²) in [6, 6.07) is 35.1. The maximum atomic E-state index is 15.7. The molecule has 0 radical (unpaired) electrons. The molecule has 0 bridgehead atoms. The summed E-state index contributed by atoms with van der Waals surface area (Å²) in [6.07, 6.45) is 0. The van der Waals surface area contributed by atoms with Crippen LogP contribution < -0.4 is 4.90 Å². The van der Waals surface area contributed by atoms with Gasteiger partial charge in [0.05, 0.1) is 10.8 Å². The van der Waals surface area contributed by atoms with Crippen LogP contribution in [0.2, 0.25) is 0 Å². The van der Waals surface area contributed by atoms with Gasteiger partial charge in [0.15, 0.2) is 0 Å². The molecule has 0 unspecified atom stereocenters. The van der Waals surface area contributed by atoms with Crippen molar-refractivity contribution in [3.05, 3.63) is 123 Å². The molecule has 5 heteroatoms. The van der Waals surface area contributed by atoms with Crippen LogP contribution in [0, 0.1) is 0 Å². The van der Waals surface area contributed by atoms with E-state index in [9.17, 15) is 0 Å². The number of hydrogen-bond acceptors (Lipinski definition) is 1. The summed E-state index contributed by atoms with van der Waals surface area (Å²) in [5, 5.41) is 2.17. The van der Waals surface area contributed by atoms with E-state index in [-0.39, 0.29) is 0 Å². The van der Waals surface area contributed by atoms with Crippen molar-refractivity contribution in [3.63, 3.8) is 0 Å². The molecule has 0 heterocycles.